The Morgan fingerprint density at radius 2 is 1.74 bits per heavy atom. The van der Waals surface area contributed by atoms with Crippen LogP contribution in [0.4, 0.5) is 0 Å². The number of carbonyl (C=O) groups is 3. The number of thiophene rings is 1. The molecule has 0 N–H and O–H groups in total. The average molecular weight is 561 g/mol. The molecule has 208 valence electrons. The summed E-state index contributed by atoms with van der Waals surface area (Å²) < 4.78 is 22.9. The number of ketones is 1. The number of Topliss-reactive ketones (excluding diaryl/α,β-unsaturated/α-hetero) is 1. The quantitative estimate of drug-likeness (QED) is 0.129. The van der Waals surface area contributed by atoms with Gasteiger partial charge >= 0.3 is 11.9 Å². The minimum atomic E-state index is -1.28. The van der Waals surface area contributed by atoms with Gasteiger partial charge in [0.05, 0.1) is 37.5 Å². The number of hydrogen-bond donors (Lipinski definition) is 0. The monoisotopic (exact) mass is 560 g/mol. The molecule has 0 radical (unpaired) electrons. The number of benzene rings is 1. The molecule has 0 spiro atoms. The van der Waals surface area contributed by atoms with Crippen LogP contribution < -0.4 is 9.47 Å². The van der Waals surface area contributed by atoms with Gasteiger partial charge in [0.1, 0.15) is 6.10 Å². The zero-order chi connectivity index (χ0) is 27.9. The first-order chi connectivity index (χ1) is 17.9. The van der Waals surface area contributed by atoms with Gasteiger partial charge in [-0.05, 0) is 62.2 Å². The van der Waals surface area contributed by atoms with Gasteiger partial charge in [-0.2, -0.15) is 0 Å². The molecule has 0 saturated heterocycles. The van der Waals surface area contributed by atoms with Crippen molar-refractivity contribution < 1.29 is 33.3 Å². The molecule has 2 aromatic rings. The van der Waals surface area contributed by atoms with Gasteiger partial charge in [-0.15, -0.1) is 11.3 Å². The maximum absolute atomic E-state index is 12.9. The van der Waals surface area contributed by atoms with E-state index in [0.717, 1.165) is 16.1 Å². The molecule has 38 heavy (non-hydrogen) atoms. The van der Waals surface area contributed by atoms with E-state index in [0.29, 0.717) is 48.7 Å². The van der Waals surface area contributed by atoms with Crippen LogP contribution in [-0.4, -0.2) is 52.7 Å². The number of ether oxygens (including phenoxy) is 4. The molecule has 1 aliphatic rings. The van der Waals surface area contributed by atoms with Crippen molar-refractivity contribution in [3.63, 3.8) is 0 Å². The normalized spacial score (nSPS) is 20.7. The van der Waals surface area contributed by atoms with Crippen molar-refractivity contribution in [3.05, 3.63) is 35.2 Å². The van der Waals surface area contributed by atoms with Gasteiger partial charge in [-0.3, -0.25) is 14.4 Å². The third kappa shape index (κ3) is 8.17. The van der Waals surface area contributed by atoms with Gasteiger partial charge in [0.15, 0.2) is 17.3 Å². The smallest absolute Gasteiger partial charge is 0.311 e. The Kier molecular flexibility index (Phi) is 10.2. The SMILES string of the molecule is COc1cc2cc(C(=O)CCC(=O)O[C@H]3/C=C/CC[C@@](C)(C(=O)OCC[Si](C)(C)C)CC3)sc2cc1OC. The Bertz CT molecular complexity index is 1140. The molecule has 1 aromatic carbocycles. The predicted octanol–water partition coefficient (Wildman–Crippen LogP) is 6.81. The summed E-state index contributed by atoms with van der Waals surface area (Å²) in [6.07, 6.45) is 6.04. The van der Waals surface area contributed by atoms with E-state index >= 15 is 0 Å². The highest BCUT2D eigenvalue weighted by Crippen LogP contribution is 2.37. The summed E-state index contributed by atoms with van der Waals surface area (Å²) in [5.74, 6) is 0.511. The fourth-order valence-electron chi connectivity index (χ4n) is 4.33. The lowest BCUT2D eigenvalue weighted by molar-refractivity contribution is -0.156. The maximum Gasteiger partial charge on any atom is 0.311 e. The molecule has 2 atom stereocenters. The number of allylic oxidation sites excluding steroid dienone is 1. The molecule has 1 aliphatic carbocycles. The first-order valence-electron chi connectivity index (χ1n) is 13.2. The number of hydrogen-bond acceptors (Lipinski definition) is 8. The molecule has 0 unspecified atom stereocenters. The summed E-state index contributed by atoms with van der Waals surface area (Å²) in [4.78, 5) is 38.8. The van der Waals surface area contributed by atoms with Crippen molar-refractivity contribution in [2.24, 2.45) is 5.41 Å². The lowest BCUT2D eigenvalue weighted by Crippen LogP contribution is -2.33. The van der Waals surface area contributed by atoms with E-state index < -0.39 is 25.6 Å². The molecule has 1 aromatic heterocycles. The van der Waals surface area contributed by atoms with Crippen LogP contribution in [0.3, 0.4) is 0 Å². The van der Waals surface area contributed by atoms with E-state index in [1.165, 1.54) is 11.3 Å². The van der Waals surface area contributed by atoms with Crippen molar-refractivity contribution in [3.8, 4) is 11.5 Å². The van der Waals surface area contributed by atoms with Gasteiger partial charge in [0.2, 0.25) is 0 Å². The predicted molar refractivity (Wildman–Crippen MR) is 153 cm³/mol. The van der Waals surface area contributed by atoms with Crippen LogP contribution in [-0.2, 0) is 19.1 Å². The lowest BCUT2D eigenvalue weighted by Gasteiger charge is -2.30. The summed E-state index contributed by atoms with van der Waals surface area (Å²) in [5.41, 5.74) is -0.600. The highest BCUT2D eigenvalue weighted by molar-refractivity contribution is 7.20. The fraction of sp³-hybridized carbons (Fsp3) is 0.552. The van der Waals surface area contributed by atoms with Crippen molar-refractivity contribution in [1.82, 2.24) is 0 Å². The maximum atomic E-state index is 12.9. The lowest BCUT2D eigenvalue weighted by atomic mass is 9.79. The number of rotatable bonds is 11. The summed E-state index contributed by atoms with van der Waals surface area (Å²) in [6.45, 7) is 9.18. The zero-order valence-corrected chi connectivity index (χ0v) is 25.2. The topological polar surface area (TPSA) is 88.1 Å². The molecule has 9 heteroatoms. The molecule has 0 fully saturated rings. The van der Waals surface area contributed by atoms with E-state index in [2.05, 4.69) is 19.6 Å². The molecular formula is C29H40O7SSi. The number of esters is 2. The Labute approximate surface area is 230 Å². The highest BCUT2D eigenvalue weighted by Gasteiger charge is 2.36. The van der Waals surface area contributed by atoms with Crippen LogP contribution in [0.25, 0.3) is 10.1 Å². The molecule has 0 amide bonds. The first-order valence-corrected chi connectivity index (χ1v) is 17.7. The van der Waals surface area contributed by atoms with Crippen LogP contribution in [0.15, 0.2) is 30.4 Å². The Balaban J connectivity index is 1.52. The number of fused-ring (bicyclic) bond motifs is 1. The molecule has 0 aliphatic heterocycles. The summed E-state index contributed by atoms with van der Waals surface area (Å²) in [7, 11) is 1.86. The first kappa shape index (κ1) is 29.9. The largest absolute Gasteiger partial charge is 0.493 e. The van der Waals surface area contributed by atoms with Crippen LogP contribution >= 0.6 is 11.3 Å². The van der Waals surface area contributed by atoms with Crippen molar-refractivity contribution in [1.29, 1.82) is 0 Å². The van der Waals surface area contributed by atoms with E-state index in [1.807, 2.05) is 37.3 Å². The van der Waals surface area contributed by atoms with Crippen molar-refractivity contribution >= 4 is 47.2 Å². The summed E-state index contributed by atoms with van der Waals surface area (Å²) >= 11 is 1.37. The van der Waals surface area contributed by atoms with E-state index in [4.69, 9.17) is 18.9 Å². The number of methoxy groups -OCH3 is 2. The minimum absolute atomic E-state index is 0.0000620. The Morgan fingerprint density at radius 1 is 1.03 bits per heavy atom. The highest BCUT2D eigenvalue weighted by atomic mass is 32.1. The molecular weight excluding hydrogens is 520 g/mol. The van der Waals surface area contributed by atoms with Crippen LogP contribution in [0.5, 0.6) is 11.5 Å². The second kappa shape index (κ2) is 12.9. The third-order valence-electron chi connectivity index (χ3n) is 6.91. The van der Waals surface area contributed by atoms with E-state index in [1.54, 1.807) is 14.2 Å². The van der Waals surface area contributed by atoms with Gasteiger partial charge < -0.3 is 18.9 Å². The second-order valence-corrected chi connectivity index (χ2v) is 18.0. The van der Waals surface area contributed by atoms with Crippen LogP contribution in [0.2, 0.25) is 25.7 Å². The van der Waals surface area contributed by atoms with Gasteiger partial charge in [0, 0.05) is 25.3 Å². The van der Waals surface area contributed by atoms with Crippen molar-refractivity contribution in [2.45, 2.75) is 77.2 Å². The molecule has 3 rings (SSSR count). The average Bonchev–Trinajstić information content (AvgIpc) is 3.28. The van der Waals surface area contributed by atoms with E-state index in [-0.39, 0.29) is 24.6 Å². The molecule has 1 heterocycles. The molecule has 0 bridgehead atoms. The van der Waals surface area contributed by atoms with Crippen molar-refractivity contribution in [2.75, 3.05) is 20.8 Å². The van der Waals surface area contributed by atoms with Gasteiger partial charge in [-0.25, -0.2) is 0 Å². The minimum Gasteiger partial charge on any atom is -0.493 e. The van der Waals surface area contributed by atoms with Gasteiger partial charge in [-0.1, -0.05) is 25.7 Å². The molecule has 0 saturated carbocycles. The molecule has 7 nitrogen and oxygen atoms in total. The summed E-state index contributed by atoms with van der Waals surface area (Å²) in [5, 5.41) is 0.889. The third-order valence-corrected chi connectivity index (χ3v) is 9.75. The standard InChI is InChI=1S/C29H40O7SSi/c1-29(28(32)35-15-16-38(4,5)6)13-8-7-9-21(12-14-29)36-27(31)11-10-22(30)26-18-20-17-23(33-2)24(34-3)19-25(20)37-26/h7,9,17-19,21H,8,10-16H2,1-6H3/b9-7+/t21-,29+/m0/s1. The van der Waals surface area contributed by atoms with E-state index in [9.17, 15) is 14.4 Å². The fourth-order valence-corrected chi connectivity index (χ4v) is 6.08. The van der Waals surface area contributed by atoms with Crippen LogP contribution in [0, 0.1) is 5.41 Å². The Hall–Kier alpha value is -2.65. The number of carbonyl (C=O) groups excluding carboxylic acids is 3. The summed E-state index contributed by atoms with van der Waals surface area (Å²) in [6, 6.07) is 6.45. The zero-order valence-electron chi connectivity index (χ0n) is 23.4. The Morgan fingerprint density at radius 3 is 2.42 bits per heavy atom. The van der Waals surface area contributed by atoms with Crippen LogP contribution in [0.1, 0.15) is 55.1 Å². The second-order valence-electron chi connectivity index (χ2n) is 11.3. The van der Waals surface area contributed by atoms with Gasteiger partial charge in [0.25, 0.3) is 0 Å².